The Labute approximate surface area is 95.9 Å². The highest BCUT2D eigenvalue weighted by Crippen LogP contribution is 2.22. The molecule has 0 saturated heterocycles. The van der Waals surface area contributed by atoms with Gasteiger partial charge in [-0.1, -0.05) is 0 Å². The zero-order chi connectivity index (χ0) is 11.5. The van der Waals surface area contributed by atoms with Crippen molar-refractivity contribution in [3.05, 3.63) is 30.5 Å². The molecule has 0 atom stereocenters. The maximum Gasteiger partial charge on any atom is 0.0705 e. The van der Waals surface area contributed by atoms with Crippen molar-refractivity contribution in [3.63, 3.8) is 0 Å². The lowest BCUT2D eigenvalue weighted by Gasteiger charge is -2.21. The average molecular weight is 215 g/mol. The predicted molar refractivity (Wildman–Crippen MR) is 69.7 cm³/mol. The fraction of sp³-hybridized carbons (Fsp3) is 0.308. The molecule has 3 heteroatoms. The molecule has 0 aliphatic rings. The first-order valence-corrected chi connectivity index (χ1v) is 5.64. The van der Waals surface area contributed by atoms with Gasteiger partial charge in [0.2, 0.25) is 0 Å². The molecule has 84 valence electrons. The average Bonchev–Trinajstić information content (AvgIpc) is 2.30. The van der Waals surface area contributed by atoms with Crippen LogP contribution in [0.2, 0.25) is 0 Å². The first kappa shape index (κ1) is 10.7. The number of nitrogens with two attached hydrogens (primary N) is 1. The van der Waals surface area contributed by atoms with E-state index in [4.69, 9.17) is 5.73 Å². The number of pyridine rings is 1. The monoisotopic (exact) mass is 215 g/mol. The fourth-order valence-corrected chi connectivity index (χ4v) is 1.92. The molecule has 1 heterocycles. The summed E-state index contributed by atoms with van der Waals surface area (Å²) in [5.74, 6) is 0. The van der Waals surface area contributed by atoms with Crippen molar-refractivity contribution in [2.45, 2.75) is 13.8 Å². The molecule has 0 unspecified atom stereocenters. The topological polar surface area (TPSA) is 42.2 Å². The minimum absolute atomic E-state index is 0.712. The van der Waals surface area contributed by atoms with Crippen LogP contribution in [0.3, 0.4) is 0 Å². The molecule has 1 aromatic heterocycles. The molecule has 2 aromatic rings. The van der Waals surface area contributed by atoms with Gasteiger partial charge in [0, 0.05) is 24.2 Å². The summed E-state index contributed by atoms with van der Waals surface area (Å²) in [6, 6.07) is 8.27. The van der Waals surface area contributed by atoms with Crippen LogP contribution >= 0.6 is 0 Å². The molecule has 0 aliphatic carbocycles. The minimum Gasteiger partial charge on any atom is -0.397 e. The smallest absolute Gasteiger partial charge is 0.0705 e. The van der Waals surface area contributed by atoms with Crippen molar-refractivity contribution in [2.24, 2.45) is 0 Å². The molecule has 2 rings (SSSR count). The second kappa shape index (κ2) is 4.39. The normalized spacial score (nSPS) is 10.6. The maximum atomic E-state index is 5.74. The number of hydrogen-bond acceptors (Lipinski definition) is 3. The molecule has 0 amide bonds. The highest BCUT2D eigenvalue weighted by molar-refractivity contribution is 5.84. The molecule has 2 N–H and O–H groups in total. The van der Waals surface area contributed by atoms with Crippen molar-refractivity contribution in [1.29, 1.82) is 0 Å². The first-order valence-electron chi connectivity index (χ1n) is 5.64. The van der Waals surface area contributed by atoms with Gasteiger partial charge in [-0.05, 0) is 38.1 Å². The molecule has 0 spiro atoms. The summed E-state index contributed by atoms with van der Waals surface area (Å²) in [6.45, 7) is 6.34. The van der Waals surface area contributed by atoms with Gasteiger partial charge >= 0.3 is 0 Å². The third-order valence-corrected chi connectivity index (χ3v) is 2.81. The van der Waals surface area contributed by atoms with Crippen molar-refractivity contribution >= 4 is 22.3 Å². The summed E-state index contributed by atoms with van der Waals surface area (Å²) in [7, 11) is 0. The Morgan fingerprint density at radius 1 is 1.19 bits per heavy atom. The number of aromatic nitrogens is 1. The number of fused-ring (bicyclic) bond motifs is 1. The lowest BCUT2D eigenvalue weighted by atomic mass is 10.1. The zero-order valence-electron chi connectivity index (χ0n) is 9.77. The van der Waals surface area contributed by atoms with E-state index >= 15 is 0 Å². The molecule has 16 heavy (non-hydrogen) atoms. The van der Waals surface area contributed by atoms with E-state index in [1.54, 1.807) is 6.20 Å². The van der Waals surface area contributed by atoms with E-state index in [0.29, 0.717) is 5.69 Å². The summed E-state index contributed by atoms with van der Waals surface area (Å²) in [5, 5.41) is 1.10. The van der Waals surface area contributed by atoms with Crippen LogP contribution in [0.5, 0.6) is 0 Å². The molecule has 1 aromatic carbocycles. The Morgan fingerprint density at radius 2 is 1.94 bits per heavy atom. The highest BCUT2D eigenvalue weighted by atomic mass is 15.1. The van der Waals surface area contributed by atoms with Crippen LogP contribution in [0.1, 0.15) is 13.8 Å². The summed E-state index contributed by atoms with van der Waals surface area (Å²) >= 11 is 0. The third-order valence-electron chi connectivity index (χ3n) is 2.81. The van der Waals surface area contributed by atoms with Crippen LogP contribution in [0.15, 0.2) is 30.5 Å². The molecular weight excluding hydrogens is 198 g/mol. The molecule has 0 bridgehead atoms. The van der Waals surface area contributed by atoms with Gasteiger partial charge in [-0.2, -0.15) is 0 Å². The Bertz CT molecular complexity index is 490. The number of nitrogen functional groups attached to an aromatic ring is 1. The molecule has 0 fully saturated rings. The van der Waals surface area contributed by atoms with Gasteiger partial charge < -0.3 is 10.6 Å². The molecular formula is C13H17N3. The predicted octanol–water partition coefficient (Wildman–Crippen LogP) is 2.66. The van der Waals surface area contributed by atoms with Gasteiger partial charge in [0.05, 0.1) is 17.4 Å². The van der Waals surface area contributed by atoms with E-state index in [1.165, 1.54) is 5.69 Å². The van der Waals surface area contributed by atoms with E-state index in [-0.39, 0.29) is 0 Å². The van der Waals surface area contributed by atoms with Crippen LogP contribution in [-0.2, 0) is 0 Å². The summed E-state index contributed by atoms with van der Waals surface area (Å²) in [6.07, 6.45) is 1.69. The number of rotatable bonds is 3. The van der Waals surface area contributed by atoms with Crippen LogP contribution < -0.4 is 10.6 Å². The van der Waals surface area contributed by atoms with Crippen LogP contribution in [0.25, 0.3) is 10.9 Å². The van der Waals surface area contributed by atoms with E-state index in [9.17, 15) is 0 Å². The van der Waals surface area contributed by atoms with Crippen molar-refractivity contribution in [2.75, 3.05) is 23.7 Å². The van der Waals surface area contributed by atoms with Crippen LogP contribution in [0.4, 0.5) is 11.4 Å². The molecule has 0 radical (unpaired) electrons. The quantitative estimate of drug-likeness (QED) is 0.855. The number of benzene rings is 1. The molecule has 3 nitrogen and oxygen atoms in total. The minimum atomic E-state index is 0.712. The van der Waals surface area contributed by atoms with E-state index in [1.807, 2.05) is 12.1 Å². The zero-order valence-corrected chi connectivity index (χ0v) is 9.77. The second-order valence-corrected chi connectivity index (χ2v) is 3.82. The second-order valence-electron chi connectivity index (χ2n) is 3.82. The van der Waals surface area contributed by atoms with E-state index < -0.39 is 0 Å². The van der Waals surface area contributed by atoms with Gasteiger partial charge in [-0.25, -0.2) is 0 Å². The lowest BCUT2D eigenvalue weighted by molar-refractivity contribution is 0.867. The summed E-state index contributed by atoms with van der Waals surface area (Å²) < 4.78 is 0. The summed E-state index contributed by atoms with van der Waals surface area (Å²) in [4.78, 5) is 6.60. The number of anilines is 2. The lowest BCUT2D eigenvalue weighted by Crippen LogP contribution is -2.21. The van der Waals surface area contributed by atoms with Gasteiger partial charge in [0.1, 0.15) is 0 Å². The Kier molecular flexibility index (Phi) is 2.95. The van der Waals surface area contributed by atoms with Crippen molar-refractivity contribution in [1.82, 2.24) is 4.98 Å². The van der Waals surface area contributed by atoms with Crippen LogP contribution in [-0.4, -0.2) is 18.1 Å². The SMILES string of the molecule is CCN(CC)c1ccc2ncc(N)cc2c1. The maximum absolute atomic E-state index is 5.74. The first-order chi connectivity index (χ1) is 7.74. The fourth-order valence-electron chi connectivity index (χ4n) is 1.92. The van der Waals surface area contributed by atoms with E-state index in [2.05, 4.69) is 35.9 Å². The van der Waals surface area contributed by atoms with Crippen LogP contribution in [0, 0.1) is 0 Å². The molecule has 0 aliphatic heterocycles. The Hall–Kier alpha value is -1.77. The molecule has 0 saturated carbocycles. The number of nitrogens with zero attached hydrogens (tertiary/aromatic N) is 2. The van der Waals surface area contributed by atoms with Gasteiger partial charge in [-0.15, -0.1) is 0 Å². The Morgan fingerprint density at radius 3 is 2.62 bits per heavy atom. The Balaban J connectivity index is 2.49. The third kappa shape index (κ3) is 1.94. The van der Waals surface area contributed by atoms with Gasteiger partial charge in [-0.3, -0.25) is 4.98 Å². The standard InChI is InChI=1S/C13H17N3/c1-3-16(4-2)12-5-6-13-10(8-12)7-11(14)9-15-13/h5-9H,3-4,14H2,1-2H3. The number of hydrogen-bond donors (Lipinski definition) is 1. The van der Waals surface area contributed by atoms with Crippen molar-refractivity contribution in [3.8, 4) is 0 Å². The highest BCUT2D eigenvalue weighted by Gasteiger charge is 2.03. The largest absolute Gasteiger partial charge is 0.397 e. The van der Waals surface area contributed by atoms with Gasteiger partial charge in [0.25, 0.3) is 0 Å². The van der Waals surface area contributed by atoms with E-state index in [0.717, 1.165) is 24.0 Å². The van der Waals surface area contributed by atoms with Gasteiger partial charge in [0.15, 0.2) is 0 Å². The van der Waals surface area contributed by atoms with Crippen molar-refractivity contribution < 1.29 is 0 Å². The summed E-state index contributed by atoms with van der Waals surface area (Å²) in [5.41, 5.74) is 8.67.